The number of nitrogens with two attached hydrogens (primary N) is 1. The lowest BCUT2D eigenvalue weighted by atomic mass is 10.2. The van der Waals surface area contributed by atoms with Crippen LogP contribution in [0.25, 0.3) is 0 Å². The number of nitrogens with one attached hydrogen (secondary N) is 1. The van der Waals surface area contributed by atoms with Gasteiger partial charge in [0.05, 0.1) is 11.3 Å². The van der Waals surface area contributed by atoms with Gasteiger partial charge in [0.15, 0.2) is 5.78 Å². The summed E-state index contributed by atoms with van der Waals surface area (Å²) in [6.07, 6.45) is -0.667. The Bertz CT molecular complexity index is 665. The summed E-state index contributed by atoms with van der Waals surface area (Å²) in [6.45, 7) is 1.33. The number of primary amides is 1. The molecule has 0 unspecified atom stereocenters. The first-order chi connectivity index (χ1) is 9.63. The van der Waals surface area contributed by atoms with Crippen molar-refractivity contribution >= 4 is 27.7 Å². The molecule has 4 N–H and O–H groups in total. The van der Waals surface area contributed by atoms with E-state index >= 15 is 0 Å². The van der Waals surface area contributed by atoms with E-state index in [0.29, 0.717) is 5.56 Å². The first kappa shape index (κ1) is 16.8. The third kappa shape index (κ3) is 4.65. The van der Waals surface area contributed by atoms with E-state index in [4.69, 9.17) is 10.8 Å². The molecule has 0 spiro atoms. The number of carboxylic acid groups (broad SMARTS) is 1. The van der Waals surface area contributed by atoms with Crippen LogP contribution >= 0.6 is 0 Å². The minimum Gasteiger partial charge on any atom is -0.480 e. The van der Waals surface area contributed by atoms with E-state index in [1.807, 2.05) is 4.72 Å². The van der Waals surface area contributed by atoms with Crippen molar-refractivity contribution in [1.29, 1.82) is 0 Å². The van der Waals surface area contributed by atoms with E-state index in [0.717, 1.165) is 0 Å². The second-order valence-electron chi connectivity index (χ2n) is 4.26. The molecule has 1 aromatic rings. The van der Waals surface area contributed by atoms with Gasteiger partial charge in [-0.05, 0) is 19.1 Å². The van der Waals surface area contributed by atoms with Crippen molar-refractivity contribution in [2.75, 3.05) is 0 Å². The molecule has 0 radical (unpaired) electrons. The number of hydrogen-bond donors (Lipinski definition) is 3. The predicted octanol–water partition coefficient (Wildman–Crippen LogP) is -0.504. The molecule has 0 saturated carbocycles. The Morgan fingerprint density at radius 1 is 1.24 bits per heavy atom. The smallest absolute Gasteiger partial charge is 0.322 e. The van der Waals surface area contributed by atoms with Crippen LogP contribution < -0.4 is 10.5 Å². The van der Waals surface area contributed by atoms with Crippen LogP contribution in [0.15, 0.2) is 29.2 Å². The zero-order chi connectivity index (χ0) is 16.2. The van der Waals surface area contributed by atoms with Gasteiger partial charge in [-0.3, -0.25) is 14.4 Å². The number of amides is 1. The van der Waals surface area contributed by atoms with Gasteiger partial charge in [-0.15, -0.1) is 0 Å². The zero-order valence-electron chi connectivity index (χ0n) is 11.1. The highest BCUT2D eigenvalue weighted by Gasteiger charge is 2.26. The number of rotatable bonds is 7. The highest BCUT2D eigenvalue weighted by atomic mass is 32.2. The lowest BCUT2D eigenvalue weighted by molar-refractivity contribution is -0.140. The summed E-state index contributed by atoms with van der Waals surface area (Å²) < 4.78 is 25.9. The van der Waals surface area contributed by atoms with Gasteiger partial charge in [0.2, 0.25) is 15.9 Å². The van der Waals surface area contributed by atoms with Crippen LogP contribution in [0, 0.1) is 0 Å². The van der Waals surface area contributed by atoms with E-state index in [1.165, 1.54) is 31.2 Å². The topological polar surface area (TPSA) is 144 Å². The van der Waals surface area contributed by atoms with Crippen molar-refractivity contribution in [2.45, 2.75) is 24.3 Å². The number of sulfonamides is 1. The molecule has 1 aromatic carbocycles. The van der Waals surface area contributed by atoms with Gasteiger partial charge in [-0.25, -0.2) is 8.42 Å². The molecule has 1 amide bonds. The molecule has 0 bridgehead atoms. The maximum atomic E-state index is 12.0. The number of aliphatic carboxylic acids is 1. The second kappa shape index (κ2) is 6.46. The van der Waals surface area contributed by atoms with Gasteiger partial charge in [0, 0.05) is 5.56 Å². The van der Waals surface area contributed by atoms with Crippen molar-refractivity contribution in [3.8, 4) is 0 Å². The molecule has 9 heteroatoms. The van der Waals surface area contributed by atoms with Crippen LogP contribution in [-0.2, 0) is 19.6 Å². The van der Waals surface area contributed by atoms with Gasteiger partial charge in [-0.1, -0.05) is 12.1 Å². The average Bonchev–Trinajstić information content (AvgIpc) is 2.37. The maximum Gasteiger partial charge on any atom is 0.322 e. The van der Waals surface area contributed by atoms with Crippen molar-refractivity contribution in [2.24, 2.45) is 5.73 Å². The van der Waals surface area contributed by atoms with Crippen molar-refractivity contribution < 1.29 is 27.9 Å². The molecule has 1 atom stereocenters. The molecular weight excluding hydrogens is 300 g/mol. The predicted molar refractivity (Wildman–Crippen MR) is 72.0 cm³/mol. The third-order valence-electron chi connectivity index (χ3n) is 2.57. The molecule has 0 aromatic heterocycles. The Kier molecular flexibility index (Phi) is 5.17. The minimum absolute atomic E-state index is 0.219. The number of carbonyl (C=O) groups excluding carboxylic acids is 2. The Morgan fingerprint density at radius 3 is 2.14 bits per heavy atom. The fourth-order valence-corrected chi connectivity index (χ4v) is 2.69. The average molecular weight is 314 g/mol. The summed E-state index contributed by atoms with van der Waals surface area (Å²) in [4.78, 5) is 32.5. The van der Waals surface area contributed by atoms with Gasteiger partial charge in [-0.2, -0.15) is 4.72 Å². The van der Waals surface area contributed by atoms with Crippen LogP contribution in [0.2, 0.25) is 0 Å². The summed E-state index contributed by atoms with van der Waals surface area (Å²) in [6, 6.07) is 3.30. The molecule has 0 heterocycles. The van der Waals surface area contributed by atoms with E-state index in [-0.39, 0.29) is 10.7 Å². The number of ketones is 1. The lowest BCUT2D eigenvalue weighted by Gasteiger charge is -2.13. The van der Waals surface area contributed by atoms with Crippen LogP contribution in [0.1, 0.15) is 23.7 Å². The number of benzene rings is 1. The van der Waals surface area contributed by atoms with E-state index in [9.17, 15) is 22.8 Å². The van der Waals surface area contributed by atoms with Gasteiger partial charge < -0.3 is 10.8 Å². The highest BCUT2D eigenvalue weighted by Crippen LogP contribution is 2.12. The third-order valence-corrected chi connectivity index (χ3v) is 4.06. The minimum atomic E-state index is -4.14. The molecular formula is C12H14N2O6S. The Labute approximate surface area is 121 Å². The maximum absolute atomic E-state index is 12.0. The van der Waals surface area contributed by atoms with Gasteiger partial charge in [0.1, 0.15) is 6.04 Å². The molecule has 0 aliphatic carbocycles. The zero-order valence-corrected chi connectivity index (χ0v) is 11.9. The normalized spacial score (nSPS) is 12.6. The van der Waals surface area contributed by atoms with E-state index < -0.39 is 34.4 Å². The fraction of sp³-hybridized carbons (Fsp3) is 0.250. The fourth-order valence-electron chi connectivity index (χ4n) is 1.50. The monoisotopic (exact) mass is 314 g/mol. The summed E-state index contributed by atoms with van der Waals surface area (Å²) in [5.41, 5.74) is 5.19. The number of carbonyl (C=O) groups is 3. The van der Waals surface area contributed by atoms with Gasteiger partial charge >= 0.3 is 5.97 Å². The molecule has 0 saturated heterocycles. The standard InChI is InChI=1S/C12H14N2O6S/c1-7(15)8-2-4-9(5-3-8)21(19,20)14-10(12(17)18)6-11(13)16/h2-5,10,14H,6H2,1H3,(H2,13,16)(H,17,18)/t10-/m1/s1. The Balaban J connectivity index is 3.01. The summed E-state index contributed by atoms with van der Waals surface area (Å²) >= 11 is 0. The van der Waals surface area contributed by atoms with Crippen molar-refractivity contribution in [1.82, 2.24) is 4.72 Å². The molecule has 114 valence electrons. The van der Waals surface area contributed by atoms with Gasteiger partial charge in [0.25, 0.3) is 0 Å². The quantitative estimate of drug-likeness (QED) is 0.578. The first-order valence-electron chi connectivity index (χ1n) is 5.78. The van der Waals surface area contributed by atoms with E-state index in [1.54, 1.807) is 0 Å². The van der Waals surface area contributed by atoms with E-state index in [2.05, 4.69) is 0 Å². The van der Waals surface area contributed by atoms with Crippen LogP contribution in [-0.4, -0.2) is 37.2 Å². The summed E-state index contributed by atoms with van der Waals surface area (Å²) in [7, 11) is -4.14. The van der Waals surface area contributed by atoms with Crippen LogP contribution in [0.5, 0.6) is 0 Å². The second-order valence-corrected chi connectivity index (χ2v) is 5.98. The lowest BCUT2D eigenvalue weighted by Crippen LogP contribution is -2.43. The van der Waals surface area contributed by atoms with Crippen molar-refractivity contribution in [3.05, 3.63) is 29.8 Å². The molecule has 1 rings (SSSR count). The molecule has 8 nitrogen and oxygen atoms in total. The summed E-state index contributed by atoms with van der Waals surface area (Å²) in [5.74, 6) is -2.70. The van der Waals surface area contributed by atoms with Crippen LogP contribution in [0.3, 0.4) is 0 Å². The first-order valence-corrected chi connectivity index (χ1v) is 7.26. The molecule has 21 heavy (non-hydrogen) atoms. The van der Waals surface area contributed by atoms with Crippen LogP contribution in [0.4, 0.5) is 0 Å². The molecule has 0 aliphatic heterocycles. The number of hydrogen-bond acceptors (Lipinski definition) is 5. The van der Waals surface area contributed by atoms with Crippen molar-refractivity contribution in [3.63, 3.8) is 0 Å². The highest BCUT2D eigenvalue weighted by molar-refractivity contribution is 7.89. The Hall–Kier alpha value is -2.26. The summed E-state index contributed by atoms with van der Waals surface area (Å²) in [5, 5.41) is 8.87. The number of carboxylic acids is 1. The number of Topliss-reactive ketones (excluding diaryl/α,β-unsaturated/α-hetero) is 1. The SMILES string of the molecule is CC(=O)c1ccc(S(=O)(=O)N[C@H](CC(N)=O)C(=O)O)cc1. The largest absolute Gasteiger partial charge is 0.480 e. The molecule has 0 fully saturated rings. The Morgan fingerprint density at radius 2 is 1.76 bits per heavy atom. The molecule has 0 aliphatic rings.